The number of imidazole rings is 1. The van der Waals surface area contributed by atoms with Crippen LogP contribution < -0.4 is 5.14 Å². The summed E-state index contributed by atoms with van der Waals surface area (Å²) in [7, 11) is -3.93. The summed E-state index contributed by atoms with van der Waals surface area (Å²) in [6, 6.07) is 2.36. The van der Waals surface area contributed by atoms with Crippen LogP contribution in [0.2, 0.25) is 0 Å². The Hall–Kier alpha value is -1.32. The summed E-state index contributed by atoms with van der Waals surface area (Å²) in [6.07, 6.45) is 2.24. The largest absolute Gasteiger partial charge is 0.331 e. The molecule has 0 aliphatic rings. The second-order valence-electron chi connectivity index (χ2n) is 3.75. The number of nitrogens with zero attached hydrogens (tertiary/aromatic N) is 2. The monoisotopic (exact) mass is 351 g/mol. The van der Waals surface area contributed by atoms with Crippen LogP contribution in [-0.4, -0.2) is 18.0 Å². The highest BCUT2D eigenvalue weighted by Gasteiger charge is 2.15. The quantitative estimate of drug-likeness (QED) is 0.853. The first-order valence-electron chi connectivity index (χ1n) is 4.96. The molecule has 2 aromatic rings. The van der Waals surface area contributed by atoms with Gasteiger partial charge in [0.25, 0.3) is 10.0 Å². The van der Waals surface area contributed by atoms with Crippen LogP contribution in [-0.2, 0) is 16.6 Å². The average molecular weight is 352 g/mol. The lowest BCUT2D eigenvalue weighted by Crippen LogP contribution is -2.12. The van der Waals surface area contributed by atoms with Crippen molar-refractivity contribution in [2.24, 2.45) is 5.14 Å². The van der Waals surface area contributed by atoms with Gasteiger partial charge in [-0.2, -0.15) is 0 Å². The van der Waals surface area contributed by atoms with Gasteiger partial charge in [0.2, 0.25) is 0 Å². The van der Waals surface area contributed by atoms with Crippen molar-refractivity contribution in [1.29, 1.82) is 0 Å². The van der Waals surface area contributed by atoms with Crippen molar-refractivity contribution in [2.45, 2.75) is 11.6 Å². The van der Waals surface area contributed by atoms with E-state index >= 15 is 0 Å². The zero-order valence-corrected chi connectivity index (χ0v) is 11.7. The molecule has 102 valence electrons. The van der Waals surface area contributed by atoms with Crippen molar-refractivity contribution in [3.8, 4) is 0 Å². The van der Waals surface area contributed by atoms with Gasteiger partial charge in [0.1, 0.15) is 11.6 Å². The van der Waals surface area contributed by atoms with Gasteiger partial charge in [0, 0.05) is 11.8 Å². The highest BCUT2D eigenvalue weighted by atomic mass is 79.9. The Bertz CT molecular complexity index is 730. The lowest BCUT2D eigenvalue weighted by atomic mass is 10.2. The number of halogens is 3. The van der Waals surface area contributed by atoms with Crippen LogP contribution in [0.3, 0.4) is 0 Å². The van der Waals surface area contributed by atoms with E-state index < -0.39 is 21.7 Å². The van der Waals surface area contributed by atoms with E-state index in [2.05, 4.69) is 20.9 Å². The number of rotatable bonds is 3. The third-order valence-electron chi connectivity index (χ3n) is 2.38. The first-order chi connectivity index (χ1) is 8.79. The Morgan fingerprint density at radius 2 is 2.05 bits per heavy atom. The minimum absolute atomic E-state index is 0.121. The minimum atomic E-state index is -3.93. The van der Waals surface area contributed by atoms with E-state index in [-0.39, 0.29) is 21.6 Å². The molecule has 0 amide bonds. The molecule has 2 N–H and O–H groups in total. The molecule has 0 saturated carbocycles. The van der Waals surface area contributed by atoms with E-state index in [1.807, 2.05) is 0 Å². The van der Waals surface area contributed by atoms with Gasteiger partial charge in [-0.3, -0.25) is 0 Å². The summed E-state index contributed by atoms with van der Waals surface area (Å²) in [5.74, 6) is -1.47. The maximum absolute atomic E-state index is 13.7. The van der Waals surface area contributed by atoms with Gasteiger partial charge >= 0.3 is 0 Å². The number of nitrogens with two attached hydrogens (primary N) is 1. The number of hydrogen-bond acceptors (Lipinski definition) is 3. The molecular weight excluding hydrogens is 344 g/mol. The summed E-state index contributed by atoms with van der Waals surface area (Å²) in [4.78, 5) is 3.56. The second-order valence-corrected chi connectivity index (χ2v) is 6.11. The summed E-state index contributed by atoms with van der Waals surface area (Å²) in [5.41, 5.74) is -0.201. The third kappa shape index (κ3) is 2.99. The molecule has 0 aliphatic heterocycles. The molecule has 0 atom stereocenters. The number of hydrogen-bond donors (Lipinski definition) is 1. The van der Waals surface area contributed by atoms with Crippen molar-refractivity contribution in [2.75, 3.05) is 0 Å². The molecule has 1 aromatic heterocycles. The molecule has 0 unspecified atom stereocenters. The molecule has 19 heavy (non-hydrogen) atoms. The molecule has 0 aliphatic carbocycles. The van der Waals surface area contributed by atoms with Gasteiger partial charge < -0.3 is 4.57 Å². The number of aromatic nitrogens is 2. The number of benzene rings is 1. The van der Waals surface area contributed by atoms with Crippen LogP contribution in [0.4, 0.5) is 8.78 Å². The second kappa shape index (κ2) is 4.99. The lowest BCUT2D eigenvalue weighted by molar-refractivity contribution is 0.540. The van der Waals surface area contributed by atoms with Gasteiger partial charge in [0.05, 0.1) is 17.3 Å². The van der Waals surface area contributed by atoms with E-state index in [1.165, 1.54) is 10.6 Å². The standard InChI is InChI=1S/C10H8BrF2N3O2S/c11-7-1-2-8(12)6(10(7)13)3-16-4-9(15-5-16)19(14,17)18/h1-2,4-5H,3H2,(H2,14,17,18). The molecule has 0 spiro atoms. The van der Waals surface area contributed by atoms with Crippen molar-refractivity contribution < 1.29 is 17.2 Å². The zero-order chi connectivity index (χ0) is 14.2. The average Bonchev–Trinajstić information content (AvgIpc) is 2.78. The van der Waals surface area contributed by atoms with Crippen molar-refractivity contribution in [3.05, 3.63) is 46.3 Å². The van der Waals surface area contributed by atoms with Crippen LogP contribution >= 0.6 is 15.9 Å². The van der Waals surface area contributed by atoms with E-state index in [4.69, 9.17) is 5.14 Å². The van der Waals surface area contributed by atoms with Gasteiger partial charge in [-0.25, -0.2) is 27.3 Å². The Morgan fingerprint density at radius 3 is 2.63 bits per heavy atom. The van der Waals surface area contributed by atoms with Crippen LogP contribution in [0.1, 0.15) is 5.56 Å². The summed E-state index contributed by atoms with van der Waals surface area (Å²) >= 11 is 2.95. The Kier molecular flexibility index (Phi) is 3.70. The van der Waals surface area contributed by atoms with Crippen molar-refractivity contribution in [1.82, 2.24) is 9.55 Å². The van der Waals surface area contributed by atoms with Crippen LogP contribution in [0, 0.1) is 11.6 Å². The molecule has 0 bridgehead atoms. The van der Waals surface area contributed by atoms with E-state index in [1.54, 1.807) is 0 Å². The van der Waals surface area contributed by atoms with Crippen molar-refractivity contribution >= 4 is 26.0 Å². The normalized spacial score (nSPS) is 11.8. The molecule has 0 radical (unpaired) electrons. The van der Waals surface area contributed by atoms with Crippen LogP contribution in [0.25, 0.3) is 0 Å². The van der Waals surface area contributed by atoms with E-state index in [0.717, 1.165) is 18.6 Å². The lowest BCUT2D eigenvalue weighted by Gasteiger charge is -2.06. The fourth-order valence-electron chi connectivity index (χ4n) is 1.47. The maximum Gasteiger partial charge on any atom is 0.257 e. The fraction of sp³-hybridized carbons (Fsp3) is 0.100. The first kappa shape index (κ1) is 14.1. The topological polar surface area (TPSA) is 78.0 Å². The van der Waals surface area contributed by atoms with Gasteiger partial charge in [-0.1, -0.05) is 0 Å². The molecule has 0 saturated heterocycles. The molecule has 0 fully saturated rings. The first-order valence-corrected chi connectivity index (χ1v) is 7.30. The van der Waals surface area contributed by atoms with Crippen LogP contribution in [0.5, 0.6) is 0 Å². The minimum Gasteiger partial charge on any atom is -0.331 e. The molecule has 9 heteroatoms. The summed E-state index contributed by atoms with van der Waals surface area (Å²) in [6.45, 7) is -0.195. The Labute approximate surface area is 116 Å². The molecule has 1 heterocycles. The molecular formula is C10H8BrF2N3O2S. The van der Waals surface area contributed by atoms with Gasteiger partial charge in [0.15, 0.2) is 5.03 Å². The maximum atomic E-state index is 13.7. The Balaban J connectivity index is 2.37. The summed E-state index contributed by atoms with van der Waals surface area (Å²) < 4.78 is 50.7. The molecule has 1 aromatic carbocycles. The van der Waals surface area contributed by atoms with Crippen molar-refractivity contribution in [3.63, 3.8) is 0 Å². The third-order valence-corrected chi connectivity index (χ3v) is 3.79. The Morgan fingerprint density at radius 1 is 1.37 bits per heavy atom. The highest BCUT2D eigenvalue weighted by Crippen LogP contribution is 2.22. The smallest absolute Gasteiger partial charge is 0.257 e. The number of sulfonamides is 1. The highest BCUT2D eigenvalue weighted by molar-refractivity contribution is 9.10. The van der Waals surface area contributed by atoms with E-state index in [0.29, 0.717) is 0 Å². The van der Waals surface area contributed by atoms with Gasteiger partial charge in [-0.15, -0.1) is 0 Å². The SMILES string of the molecule is NS(=O)(=O)c1cn(Cc2c(F)ccc(Br)c2F)cn1. The molecule has 2 rings (SSSR count). The zero-order valence-electron chi connectivity index (χ0n) is 9.35. The van der Waals surface area contributed by atoms with E-state index in [9.17, 15) is 17.2 Å². The number of primary sulfonamides is 1. The van der Waals surface area contributed by atoms with Crippen LogP contribution in [0.15, 0.2) is 34.2 Å². The predicted octanol–water partition coefficient (Wildman–Crippen LogP) is 1.62. The predicted molar refractivity (Wildman–Crippen MR) is 66.8 cm³/mol. The fourth-order valence-corrected chi connectivity index (χ4v) is 2.32. The van der Waals surface area contributed by atoms with Gasteiger partial charge in [-0.05, 0) is 28.1 Å². The molecule has 5 nitrogen and oxygen atoms in total. The summed E-state index contributed by atoms with van der Waals surface area (Å²) in [5, 5.41) is 4.53.